The van der Waals surface area contributed by atoms with Crippen LogP contribution >= 0.6 is 11.6 Å². The van der Waals surface area contributed by atoms with Gasteiger partial charge in [0.25, 0.3) is 5.91 Å². The van der Waals surface area contributed by atoms with E-state index in [0.29, 0.717) is 5.92 Å². The van der Waals surface area contributed by atoms with Crippen molar-refractivity contribution in [1.82, 2.24) is 5.32 Å². The van der Waals surface area contributed by atoms with E-state index < -0.39 is 17.9 Å². The van der Waals surface area contributed by atoms with Crippen LogP contribution in [0.2, 0.25) is 5.02 Å². The van der Waals surface area contributed by atoms with E-state index in [1.165, 1.54) is 31.5 Å². The van der Waals surface area contributed by atoms with Gasteiger partial charge in [0.05, 0.1) is 6.42 Å². The van der Waals surface area contributed by atoms with Crippen LogP contribution in [0, 0.1) is 11.7 Å². The van der Waals surface area contributed by atoms with Crippen LogP contribution < -0.4 is 5.32 Å². The van der Waals surface area contributed by atoms with Crippen LogP contribution in [0.4, 0.5) is 4.39 Å². The van der Waals surface area contributed by atoms with Crippen LogP contribution in [0.15, 0.2) is 18.2 Å². The van der Waals surface area contributed by atoms with Crippen molar-refractivity contribution in [3.05, 3.63) is 34.6 Å². The standard InChI is InChI=1S/C18H23ClFNO3/c1-11-6-3-4-9-16(11)21-18(23)12(2)24-17(22)10-13-14(19)7-5-8-15(13)20/h5,7-8,11-12,16H,3-4,6,9-10H2,1-2H3,(H,21,23)/t11-,12-,16+/m0/s1. The molecule has 0 unspecified atom stereocenters. The first-order valence-corrected chi connectivity index (χ1v) is 8.69. The summed E-state index contributed by atoms with van der Waals surface area (Å²) in [5.41, 5.74) is 0.0812. The van der Waals surface area contributed by atoms with Gasteiger partial charge in [0, 0.05) is 16.6 Å². The molecule has 1 amide bonds. The highest BCUT2D eigenvalue weighted by Gasteiger charge is 2.26. The Kier molecular flexibility index (Phi) is 6.60. The Morgan fingerprint density at radius 1 is 1.38 bits per heavy atom. The number of hydrogen-bond acceptors (Lipinski definition) is 3. The maximum atomic E-state index is 13.7. The minimum absolute atomic E-state index is 0.0812. The van der Waals surface area contributed by atoms with E-state index in [1.54, 1.807) is 0 Å². The molecule has 0 heterocycles. The second-order valence-electron chi connectivity index (χ2n) is 6.39. The fourth-order valence-corrected chi connectivity index (χ4v) is 3.20. The molecule has 0 bridgehead atoms. The second kappa shape index (κ2) is 8.47. The van der Waals surface area contributed by atoms with Gasteiger partial charge in [-0.2, -0.15) is 0 Å². The molecule has 0 saturated heterocycles. The molecule has 2 rings (SSSR count). The van der Waals surface area contributed by atoms with Crippen molar-refractivity contribution in [1.29, 1.82) is 0 Å². The molecule has 4 nitrogen and oxygen atoms in total. The first-order valence-electron chi connectivity index (χ1n) is 8.31. The predicted octanol–water partition coefficient (Wildman–Crippen LogP) is 3.65. The van der Waals surface area contributed by atoms with Gasteiger partial charge < -0.3 is 10.1 Å². The number of carbonyl (C=O) groups excluding carboxylic acids is 2. The monoisotopic (exact) mass is 355 g/mol. The Hall–Kier alpha value is -1.62. The molecular weight excluding hydrogens is 333 g/mol. The quantitative estimate of drug-likeness (QED) is 0.820. The Morgan fingerprint density at radius 3 is 2.75 bits per heavy atom. The minimum Gasteiger partial charge on any atom is -0.452 e. The summed E-state index contributed by atoms with van der Waals surface area (Å²) in [6, 6.07) is 4.32. The van der Waals surface area contributed by atoms with Crippen LogP contribution in [0.25, 0.3) is 0 Å². The SMILES string of the molecule is C[C@H](OC(=O)Cc1c(F)cccc1Cl)C(=O)N[C@@H]1CCCC[C@@H]1C. The summed E-state index contributed by atoms with van der Waals surface area (Å²) >= 11 is 5.89. The van der Waals surface area contributed by atoms with Crippen LogP contribution in [-0.2, 0) is 20.7 Å². The van der Waals surface area contributed by atoms with E-state index in [2.05, 4.69) is 12.2 Å². The Bertz CT molecular complexity index is 588. The molecule has 132 valence electrons. The summed E-state index contributed by atoms with van der Waals surface area (Å²) in [4.78, 5) is 24.2. The number of halogens is 2. The van der Waals surface area contributed by atoms with Gasteiger partial charge in [-0.3, -0.25) is 9.59 Å². The van der Waals surface area contributed by atoms with Gasteiger partial charge in [-0.1, -0.05) is 37.4 Å². The van der Waals surface area contributed by atoms with Crippen molar-refractivity contribution in [2.24, 2.45) is 5.92 Å². The van der Waals surface area contributed by atoms with Crippen molar-refractivity contribution in [3.63, 3.8) is 0 Å². The third kappa shape index (κ3) is 4.94. The van der Waals surface area contributed by atoms with Crippen LogP contribution in [0.5, 0.6) is 0 Å². The average Bonchev–Trinajstić information content (AvgIpc) is 2.53. The van der Waals surface area contributed by atoms with Crippen LogP contribution in [0.3, 0.4) is 0 Å². The number of rotatable bonds is 5. The van der Waals surface area contributed by atoms with E-state index in [4.69, 9.17) is 16.3 Å². The fraction of sp³-hybridized carbons (Fsp3) is 0.556. The number of amides is 1. The largest absolute Gasteiger partial charge is 0.452 e. The van der Waals surface area contributed by atoms with Gasteiger partial charge in [-0.05, 0) is 37.8 Å². The molecule has 0 aliphatic heterocycles. The van der Waals surface area contributed by atoms with Crippen molar-refractivity contribution in [2.75, 3.05) is 0 Å². The number of nitrogens with one attached hydrogen (secondary N) is 1. The smallest absolute Gasteiger partial charge is 0.311 e. The van der Waals surface area contributed by atoms with E-state index in [0.717, 1.165) is 19.3 Å². The maximum absolute atomic E-state index is 13.7. The Morgan fingerprint density at radius 2 is 2.08 bits per heavy atom. The number of carbonyl (C=O) groups is 2. The van der Waals surface area contributed by atoms with Crippen molar-refractivity contribution in [3.8, 4) is 0 Å². The Labute approximate surface area is 146 Å². The first kappa shape index (κ1) is 18.7. The molecule has 6 heteroatoms. The summed E-state index contributed by atoms with van der Waals surface area (Å²) in [7, 11) is 0. The average molecular weight is 356 g/mol. The minimum atomic E-state index is -0.919. The normalized spacial score (nSPS) is 21.8. The number of benzene rings is 1. The van der Waals surface area contributed by atoms with Gasteiger partial charge in [0.15, 0.2) is 6.10 Å². The summed E-state index contributed by atoms with van der Waals surface area (Å²) < 4.78 is 18.8. The lowest BCUT2D eigenvalue weighted by Crippen LogP contribution is -2.46. The molecule has 0 aromatic heterocycles. The number of esters is 1. The zero-order chi connectivity index (χ0) is 17.7. The molecule has 1 aromatic carbocycles. The Balaban J connectivity index is 1.87. The third-order valence-electron chi connectivity index (χ3n) is 4.50. The lowest BCUT2D eigenvalue weighted by molar-refractivity contribution is -0.154. The van der Waals surface area contributed by atoms with Crippen LogP contribution in [0.1, 0.15) is 45.1 Å². The molecule has 1 aliphatic carbocycles. The molecule has 0 radical (unpaired) electrons. The fourth-order valence-electron chi connectivity index (χ4n) is 2.97. The van der Waals surface area contributed by atoms with Crippen LogP contribution in [-0.4, -0.2) is 24.0 Å². The molecule has 1 aromatic rings. The van der Waals surface area contributed by atoms with E-state index >= 15 is 0 Å². The lowest BCUT2D eigenvalue weighted by atomic mass is 9.86. The van der Waals surface area contributed by atoms with Crippen molar-refractivity contribution in [2.45, 2.75) is 58.1 Å². The molecule has 1 saturated carbocycles. The summed E-state index contributed by atoms with van der Waals surface area (Å²) in [5, 5.41) is 3.11. The highest BCUT2D eigenvalue weighted by atomic mass is 35.5. The van der Waals surface area contributed by atoms with Gasteiger partial charge >= 0.3 is 5.97 Å². The highest BCUT2D eigenvalue weighted by molar-refractivity contribution is 6.31. The molecule has 1 N–H and O–H groups in total. The number of ether oxygens (including phenoxy) is 1. The van der Waals surface area contributed by atoms with Gasteiger partial charge in [-0.15, -0.1) is 0 Å². The molecule has 1 aliphatic rings. The maximum Gasteiger partial charge on any atom is 0.311 e. The summed E-state index contributed by atoms with van der Waals surface area (Å²) in [6.45, 7) is 3.63. The molecule has 0 spiro atoms. The highest BCUT2D eigenvalue weighted by Crippen LogP contribution is 2.24. The van der Waals surface area contributed by atoms with Gasteiger partial charge in [0.2, 0.25) is 0 Å². The summed E-state index contributed by atoms with van der Waals surface area (Å²) in [6.07, 6.45) is 3.08. The molecular formula is C18H23ClFNO3. The van der Waals surface area contributed by atoms with Crippen molar-refractivity contribution >= 4 is 23.5 Å². The molecule has 3 atom stereocenters. The molecule has 1 fully saturated rings. The van der Waals surface area contributed by atoms with Gasteiger partial charge in [0.1, 0.15) is 5.82 Å². The zero-order valence-corrected chi connectivity index (χ0v) is 14.7. The predicted molar refractivity (Wildman–Crippen MR) is 90.2 cm³/mol. The van der Waals surface area contributed by atoms with E-state index in [-0.39, 0.29) is 29.0 Å². The zero-order valence-electron chi connectivity index (χ0n) is 14.0. The van der Waals surface area contributed by atoms with E-state index in [9.17, 15) is 14.0 Å². The lowest BCUT2D eigenvalue weighted by Gasteiger charge is -2.30. The topological polar surface area (TPSA) is 55.4 Å². The first-order chi connectivity index (χ1) is 11.4. The second-order valence-corrected chi connectivity index (χ2v) is 6.79. The van der Waals surface area contributed by atoms with Gasteiger partial charge in [-0.25, -0.2) is 4.39 Å². The van der Waals surface area contributed by atoms with Crippen molar-refractivity contribution < 1.29 is 18.7 Å². The molecule has 24 heavy (non-hydrogen) atoms. The van der Waals surface area contributed by atoms with E-state index in [1.807, 2.05) is 0 Å². The number of hydrogen-bond donors (Lipinski definition) is 1. The summed E-state index contributed by atoms with van der Waals surface area (Å²) in [5.74, 6) is -1.14. The third-order valence-corrected chi connectivity index (χ3v) is 4.85.